The molecule has 0 aromatic heterocycles. The lowest BCUT2D eigenvalue weighted by Crippen LogP contribution is -2.37. The Morgan fingerprint density at radius 3 is 2.00 bits per heavy atom. The number of rotatable bonds is 11. The molecule has 178 valence electrons. The minimum Gasteiger partial charge on any atom is -0.450 e. The molecule has 3 N–H and O–H groups in total. The van der Waals surface area contributed by atoms with E-state index in [-0.39, 0.29) is 12.6 Å². The minimum absolute atomic E-state index is 0.180. The lowest BCUT2D eigenvalue weighted by molar-refractivity contribution is 0.140. The molecular formula is C24H32N4O5. The van der Waals surface area contributed by atoms with Crippen molar-refractivity contribution in [2.45, 2.75) is 33.0 Å². The molecule has 0 fully saturated rings. The molecule has 0 atom stereocenters. The van der Waals surface area contributed by atoms with E-state index >= 15 is 0 Å². The number of carbonyl (C=O) groups is 3. The molecule has 0 aliphatic carbocycles. The highest BCUT2D eigenvalue weighted by Crippen LogP contribution is 2.05. The summed E-state index contributed by atoms with van der Waals surface area (Å²) in [6.45, 7) is 3.82. The molecule has 0 unspecified atom stereocenters. The number of hydrogen-bond donors (Lipinski definition) is 3. The van der Waals surface area contributed by atoms with Crippen LogP contribution in [0.5, 0.6) is 0 Å². The van der Waals surface area contributed by atoms with E-state index in [1.165, 1.54) is 0 Å². The number of amides is 4. The highest BCUT2D eigenvalue weighted by molar-refractivity contribution is 5.73. The van der Waals surface area contributed by atoms with Gasteiger partial charge in [0.2, 0.25) is 0 Å². The molecule has 0 bridgehead atoms. The van der Waals surface area contributed by atoms with Crippen molar-refractivity contribution in [2.75, 3.05) is 26.8 Å². The Kier molecular flexibility index (Phi) is 11.1. The van der Waals surface area contributed by atoms with E-state index in [4.69, 9.17) is 9.47 Å². The van der Waals surface area contributed by atoms with Gasteiger partial charge in [-0.15, -0.1) is 0 Å². The third-order valence-corrected chi connectivity index (χ3v) is 4.64. The van der Waals surface area contributed by atoms with Crippen LogP contribution in [0.15, 0.2) is 54.6 Å². The average molecular weight is 457 g/mol. The fourth-order valence-electron chi connectivity index (χ4n) is 2.91. The van der Waals surface area contributed by atoms with Crippen LogP contribution in [0.3, 0.4) is 0 Å². The van der Waals surface area contributed by atoms with Crippen molar-refractivity contribution in [3.8, 4) is 0 Å². The zero-order valence-corrected chi connectivity index (χ0v) is 19.1. The van der Waals surface area contributed by atoms with Gasteiger partial charge in [-0.1, -0.05) is 54.6 Å². The van der Waals surface area contributed by atoms with Gasteiger partial charge in [-0.25, -0.2) is 14.4 Å². The molecule has 9 nitrogen and oxygen atoms in total. The first-order valence-corrected chi connectivity index (χ1v) is 10.9. The third-order valence-electron chi connectivity index (χ3n) is 4.64. The Labute approximate surface area is 194 Å². The molecule has 2 aromatic rings. The predicted octanol–water partition coefficient (Wildman–Crippen LogP) is 3.39. The van der Waals surface area contributed by atoms with E-state index in [9.17, 15) is 14.4 Å². The van der Waals surface area contributed by atoms with Gasteiger partial charge in [0, 0.05) is 33.2 Å². The first kappa shape index (κ1) is 25.5. The Balaban J connectivity index is 1.60. The van der Waals surface area contributed by atoms with Crippen LogP contribution in [0.2, 0.25) is 0 Å². The van der Waals surface area contributed by atoms with Gasteiger partial charge < -0.3 is 30.3 Å². The molecule has 0 saturated heterocycles. The quantitative estimate of drug-likeness (QED) is 0.449. The maximum Gasteiger partial charge on any atom is 0.407 e. The van der Waals surface area contributed by atoms with Gasteiger partial charge in [-0.2, -0.15) is 0 Å². The largest absolute Gasteiger partial charge is 0.450 e. The van der Waals surface area contributed by atoms with Gasteiger partial charge in [-0.3, -0.25) is 0 Å². The summed E-state index contributed by atoms with van der Waals surface area (Å²) in [4.78, 5) is 37.0. The summed E-state index contributed by atoms with van der Waals surface area (Å²) in [5, 5.41) is 8.20. The van der Waals surface area contributed by atoms with E-state index < -0.39 is 12.2 Å². The first-order chi connectivity index (χ1) is 16.0. The highest BCUT2D eigenvalue weighted by atomic mass is 16.6. The number of hydrogen-bond acceptors (Lipinski definition) is 5. The second kappa shape index (κ2) is 14.3. The van der Waals surface area contributed by atoms with Gasteiger partial charge in [0.25, 0.3) is 0 Å². The van der Waals surface area contributed by atoms with Crippen molar-refractivity contribution in [1.82, 2.24) is 20.9 Å². The van der Waals surface area contributed by atoms with Gasteiger partial charge in [-0.05, 0) is 30.0 Å². The monoisotopic (exact) mass is 456 g/mol. The van der Waals surface area contributed by atoms with E-state index in [1.54, 1.807) is 18.9 Å². The van der Waals surface area contributed by atoms with Gasteiger partial charge in [0.15, 0.2) is 0 Å². The van der Waals surface area contributed by atoms with Crippen LogP contribution < -0.4 is 16.0 Å². The van der Waals surface area contributed by atoms with Gasteiger partial charge in [0.1, 0.15) is 0 Å². The Bertz CT molecular complexity index is 891. The first-order valence-electron chi connectivity index (χ1n) is 10.9. The fourth-order valence-corrected chi connectivity index (χ4v) is 2.91. The Hall–Kier alpha value is -3.75. The van der Waals surface area contributed by atoms with E-state index in [1.807, 2.05) is 54.6 Å². The minimum atomic E-state index is -0.527. The van der Waals surface area contributed by atoms with Crippen LogP contribution in [0.1, 0.15) is 30.0 Å². The van der Waals surface area contributed by atoms with Crippen LogP contribution in [-0.2, 0) is 29.1 Å². The van der Waals surface area contributed by atoms with Crippen LogP contribution in [0.4, 0.5) is 14.4 Å². The van der Waals surface area contributed by atoms with E-state index in [0.717, 1.165) is 16.7 Å². The molecule has 4 amide bonds. The molecule has 0 aliphatic heterocycles. The average Bonchev–Trinajstić information content (AvgIpc) is 2.83. The normalized spacial score (nSPS) is 10.1. The standard InChI is InChI=1S/C24H32N4O5/c1-3-32-23(30)26-17-20-11-7-12-21(15-20)18-27-24(31)33-14-8-13-28(2)22(29)25-16-19-9-5-4-6-10-19/h4-7,9-12,15H,3,8,13-14,16-18H2,1-2H3,(H,25,29)(H,26,30)(H,27,31). The molecule has 33 heavy (non-hydrogen) atoms. The van der Waals surface area contributed by atoms with Gasteiger partial charge in [0.05, 0.1) is 13.2 Å². The maximum atomic E-state index is 12.1. The molecule has 0 spiro atoms. The number of benzene rings is 2. The molecule has 9 heteroatoms. The summed E-state index contributed by atoms with van der Waals surface area (Å²) in [6, 6.07) is 17.0. The molecule has 2 rings (SSSR count). The molecule has 2 aromatic carbocycles. The number of ether oxygens (including phenoxy) is 2. The summed E-state index contributed by atoms with van der Waals surface area (Å²) in [7, 11) is 1.70. The zero-order valence-electron chi connectivity index (χ0n) is 19.1. The zero-order chi connectivity index (χ0) is 23.9. The fraction of sp³-hybridized carbons (Fsp3) is 0.375. The van der Waals surface area contributed by atoms with Crippen molar-refractivity contribution in [2.24, 2.45) is 0 Å². The molecule has 0 heterocycles. The summed E-state index contributed by atoms with van der Waals surface area (Å²) < 4.78 is 10.0. The number of carbonyl (C=O) groups excluding carboxylic acids is 3. The molecule has 0 radical (unpaired) electrons. The Morgan fingerprint density at radius 1 is 0.788 bits per heavy atom. The van der Waals surface area contributed by atoms with Crippen LogP contribution in [-0.4, -0.2) is 49.9 Å². The molecular weight excluding hydrogens is 424 g/mol. The van der Waals surface area contributed by atoms with E-state index in [2.05, 4.69) is 16.0 Å². The second-order valence-corrected chi connectivity index (χ2v) is 7.30. The van der Waals surface area contributed by atoms with Gasteiger partial charge >= 0.3 is 18.2 Å². The van der Waals surface area contributed by atoms with E-state index in [0.29, 0.717) is 39.2 Å². The van der Waals surface area contributed by atoms with Crippen LogP contribution >= 0.6 is 0 Å². The molecule has 0 saturated carbocycles. The van der Waals surface area contributed by atoms with Crippen molar-refractivity contribution < 1.29 is 23.9 Å². The lowest BCUT2D eigenvalue weighted by Gasteiger charge is -2.18. The maximum absolute atomic E-state index is 12.1. The summed E-state index contributed by atoms with van der Waals surface area (Å²) in [5.41, 5.74) is 2.80. The van der Waals surface area contributed by atoms with Crippen molar-refractivity contribution in [3.63, 3.8) is 0 Å². The van der Waals surface area contributed by atoms with Crippen molar-refractivity contribution in [3.05, 3.63) is 71.3 Å². The summed E-state index contributed by atoms with van der Waals surface area (Å²) >= 11 is 0. The number of nitrogens with zero attached hydrogens (tertiary/aromatic N) is 1. The van der Waals surface area contributed by atoms with Crippen LogP contribution in [0, 0.1) is 0 Å². The summed E-state index contributed by atoms with van der Waals surface area (Å²) in [5.74, 6) is 0. The topological polar surface area (TPSA) is 109 Å². The number of nitrogens with one attached hydrogen (secondary N) is 3. The molecule has 0 aliphatic rings. The van der Waals surface area contributed by atoms with Crippen LogP contribution in [0.25, 0.3) is 0 Å². The third kappa shape index (κ3) is 10.4. The number of alkyl carbamates (subject to hydrolysis) is 2. The summed E-state index contributed by atoms with van der Waals surface area (Å²) in [6.07, 6.45) is -0.470. The predicted molar refractivity (Wildman–Crippen MR) is 124 cm³/mol. The SMILES string of the molecule is CCOC(=O)NCc1cccc(CNC(=O)OCCCN(C)C(=O)NCc2ccccc2)c1. The van der Waals surface area contributed by atoms with Crippen molar-refractivity contribution in [1.29, 1.82) is 0 Å². The second-order valence-electron chi connectivity index (χ2n) is 7.30. The lowest BCUT2D eigenvalue weighted by atomic mass is 10.1. The highest BCUT2D eigenvalue weighted by Gasteiger charge is 2.09. The Morgan fingerprint density at radius 2 is 1.36 bits per heavy atom. The number of urea groups is 1. The smallest absolute Gasteiger partial charge is 0.407 e. The van der Waals surface area contributed by atoms with Crippen molar-refractivity contribution >= 4 is 18.2 Å².